The van der Waals surface area contributed by atoms with Gasteiger partial charge in [0.2, 0.25) is 0 Å². The molecule has 1 saturated carbocycles. The van der Waals surface area contributed by atoms with Crippen molar-refractivity contribution in [3.8, 4) is 5.75 Å². The zero-order valence-corrected chi connectivity index (χ0v) is 20.6. The minimum absolute atomic E-state index is 0.0112. The molecule has 0 N–H and O–H groups in total. The van der Waals surface area contributed by atoms with E-state index < -0.39 is 6.61 Å². The molecule has 8 heteroatoms. The molecule has 1 aliphatic carbocycles. The van der Waals surface area contributed by atoms with Crippen LogP contribution < -0.4 is 4.74 Å². The average molecular weight is 527 g/mol. The summed E-state index contributed by atoms with van der Waals surface area (Å²) in [6.45, 7) is -2.98. The van der Waals surface area contributed by atoms with Crippen molar-refractivity contribution >= 4 is 40.9 Å². The number of alkyl halides is 2. The number of carbonyl (C=O) groups is 1. The second-order valence-corrected chi connectivity index (χ2v) is 9.63. The van der Waals surface area contributed by atoms with Crippen LogP contribution in [0.3, 0.4) is 0 Å². The zero-order chi connectivity index (χ0) is 25.2. The molecule has 2 aliphatic rings. The first-order valence-electron chi connectivity index (χ1n) is 11.6. The fourth-order valence-electron chi connectivity index (χ4n) is 4.86. The van der Waals surface area contributed by atoms with Crippen LogP contribution >= 0.6 is 23.2 Å². The predicted octanol–water partition coefficient (Wildman–Crippen LogP) is 8.03. The van der Waals surface area contributed by atoms with E-state index in [9.17, 15) is 13.6 Å². The maximum Gasteiger partial charge on any atom is 0.387 e. The second-order valence-electron chi connectivity index (χ2n) is 8.76. The maximum absolute atomic E-state index is 13.7. The van der Waals surface area contributed by atoms with Gasteiger partial charge in [0.05, 0.1) is 11.8 Å². The molecule has 0 bridgehead atoms. The molecule has 5 rings (SSSR count). The Bertz CT molecular complexity index is 1320. The van der Waals surface area contributed by atoms with E-state index in [-0.39, 0.29) is 29.2 Å². The van der Waals surface area contributed by atoms with Crippen molar-refractivity contribution in [3.63, 3.8) is 0 Å². The van der Waals surface area contributed by atoms with Gasteiger partial charge in [-0.3, -0.25) is 4.79 Å². The standard InChI is InChI=1S/C28H22Cl2F2N2O2/c29-21-11-7-17(8-12-21)15-19-3-2-6-24-25(19)33-34(26(24)18-9-13-22(30)14-10-18)27(35)20-4-1-5-23(16-20)36-28(31)32/h1,4-5,7-16,24,26,28H,2-3,6H2/b19-15+/t24-,26-/m1/s1. The molecule has 0 radical (unpaired) electrons. The molecule has 36 heavy (non-hydrogen) atoms. The maximum atomic E-state index is 13.7. The smallest absolute Gasteiger partial charge is 0.387 e. The van der Waals surface area contributed by atoms with Crippen LogP contribution in [0, 0.1) is 5.92 Å². The number of hydrogen-bond acceptors (Lipinski definition) is 3. The van der Waals surface area contributed by atoms with Crippen molar-refractivity contribution < 1.29 is 18.3 Å². The Labute approximate surface area is 217 Å². The van der Waals surface area contributed by atoms with Crippen LogP contribution in [0.25, 0.3) is 6.08 Å². The molecule has 4 nitrogen and oxygen atoms in total. The van der Waals surface area contributed by atoms with Gasteiger partial charge >= 0.3 is 6.61 Å². The van der Waals surface area contributed by atoms with E-state index in [1.54, 1.807) is 18.2 Å². The molecule has 1 heterocycles. The van der Waals surface area contributed by atoms with Crippen molar-refractivity contribution in [3.05, 3.63) is 105 Å². The summed E-state index contributed by atoms with van der Waals surface area (Å²) in [6.07, 6.45) is 4.74. The molecular weight excluding hydrogens is 505 g/mol. The number of hydrazone groups is 1. The van der Waals surface area contributed by atoms with Crippen molar-refractivity contribution in [2.24, 2.45) is 11.0 Å². The SMILES string of the molecule is O=C(c1cccc(OC(F)F)c1)N1N=C2/C(=C/c3ccc(Cl)cc3)CCC[C@H]2[C@H]1c1ccc(Cl)cc1. The first-order chi connectivity index (χ1) is 17.4. The fourth-order valence-corrected chi connectivity index (χ4v) is 5.11. The molecule has 1 aliphatic heterocycles. The summed E-state index contributed by atoms with van der Waals surface area (Å²) in [5, 5.41) is 7.57. The predicted molar refractivity (Wildman–Crippen MR) is 138 cm³/mol. The molecule has 3 aromatic rings. The number of allylic oxidation sites excluding steroid dienone is 1. The lowest BCUT2D eigenvalue weighted by atomic mass is 9.77. The number of amides is 1. The van der Waals surface area contributed by atoms with Gasteiger partial charge in [0.1, 0.15) is 5.75 Å². The number of halogens is 4. The first kappa shape index (κ1) is 24.5. The molecule has 1 fully saturated rings. The van der Waals surface area contributed by atoms with Gasteiger partial charge in [-0.05, 0) is 84.5 Å². The van der Waals surface area contributed by atoms with E-state index >= 15 is 0 Å². The summed E-state index contributed by atoms with van der Waals surface area (Å²) in [5.41, 5.74) is 4.06. The summed E-state index contributed by atoms with van der Waals surface area (Å²) in [7, 11) is 0. The number of hydrogen-bond donors (Lipinski definition) is 0. The van der Waals surface area contributed by atoms with Gasteiger partial charge in [-0.25, -0.2) is 5.01 Å². The largest absolute Gasteiger partial charge is 0.435 e. The molecular formula is C28H22Cl2F2N2O2. The van der Waals surface area contributed by atoms with Crippen molar-refractivity contribution in [1.29, 1.82) is 0 Å². The molecule has 0 saturated heterocycles. The molecule has 184 valence electrons. The van der Waals surface area contributed by atoms with Crippen LogP contribution in [0.1, 0.15) is 46.8 Å². The third-order valence-corrected chi connectivity index (χ3v) is 6.94. The monoisotopic (exact) mass is 526 g/mol. The first-order valence-corrected chi connectivity index (χ1v) is 12.3. The number of carbonyl (C=O) groups excluding carboxylic acids is 1. The Kier molecular flexibility index (Phi) is 7.08. The van der Waals surface area contributed by atoms with E-state index in [4.69, 9.17) is 28.3 Å². The van der Waals surface area contributed by atoms with Crippen molar-refractivity contribution in [1.82, 2.24) is 5.01 Å². The Morgan fingerprint density at radius 3 is 2.42 bits per heavy atom. The Morgan fingerprint density at radius 2 is 1.72 bits per heavy atom. The Balaban J connectivity index is 1.55. The molecule has 2 atom stereocenters. The molecule has 0 aromatic heterocycles. The van der Waals surface area contributed by atoms with Crippen LogP contribution in [0.4, 0.5) is 8.78 Å². The normalized spacial score (nSPS) is 20.4. The highest BCUT2D eigenvalue weighted by Gasteiger charge is 2.44. The van der Waals surface area contributed by atoms with Gasteiger partial charge in [-0.15, -0.1) is 0 Å². The Hall–Kier alpha value is -3.22. The lowest BCUT2D eigenvalue weighted by Crippen LogP contribution is -2.31. The lowest BCUT2D eigenvalue weighted by Gasteiger charge is -2.29. The summed E-state index contributed by atoms with van der Waals surface area (Å²) in [5.74, 6) is -0.475. The third kappa shape index (κ3) is 5.15. The van der Waals surface area contributed by atoms with Crippen molar-refractivity contribution in [2.45, 2.75) is 31.9 Å². The summed E-state index contributed by atoms with van der Waals surface area (Å²) in [4.78, 5) is 13.7. The topological polar surface area (TPSA) is 41.9 Å². The molecule has 1 amide bonds. The molecule has 0 unspecified atom stereocenters. The van der Waals surface area contributed by atoms with Gasteiger partial charge in [-0.1, -0.05) is 53.5 Å². The van der Waals surface area contributed by atoms with E-state index in [1.165, 1.54) is 23.2 Å². The van der Waals surface area contributed by atoms with Crippen LogP contribution in [-0.2, 0) is 0 Å². The Morgan fingerprint density at radius 1 is 1.03 bits per heavy atom. The van der Waals surface area contributed by atoms with Gasteiger partial charge in [0.25, 0.3) is 5.91 Å². The minimum Gasteiger partial charge on any atom is -0.435 e. The van der Waals surface area contributed by atoms with Crippen LogP contribution in [0.2, 0.25) is 10.0 Å². The van der Waals surface area contributed by atoms with Crippen molar-refractivity contribution in [2.75, 3.05) is 0 Å². The number of nitrogens with zero attached hydrogens (tertiary/aromatic N) is 2. The second kappa shape index (κ2) is 10.4. The highest BCUT2D eigenvalue weighted by atomic mass is 35.5. The summed E-state index contributed by atoms with van der Waals surface area (Å²) >= 11 is 12.2. The third-order valence-electron chi connectivity index (χ3n) is 6.44. The quantitative estimate of drug-likeness (QED) is 0.337. The average Bonchev–Trinajstić information content (AvgIpc) is 3.26. The minimum atomic E-state index is -2.98. The summed E-state index contributed by atoms with van der Waals surface area (Å²) in [6, 6.07) is 20.4. The highest BCUT2D eigenvalue weighted by Crippen LogP contribution is 2.45. The summed E-state index contributed by atoms with van der Waals surface area (Å²) < 4.78 is 30.0. The van der Waals surface area contributed by atoms with E-state index in [2.05, 4.69) is 10.8 Å². The van der Waals surface area contributed by atoms with Crippen LogP contribution in [0.15, 0.2) is 83.5 Å². The number of fused-ring (bicyclic) bond motifs is 1. The van der Waals surface area contributed by atoms with E-state index in [1.807, 2.05) is 36.4 Å². The van der Waals surface area contributed by atoms with Gasteiger partial charge in [-0.2, -0.15) is 13.9 Å². The number of rotatable bonds is 5. The van der Waals surface area contributed by atoms with Gasteiger partial charge in [0, 0.05) is 21.5 Å². The lowest BCUT2D eigenvalue weighted by molar-refractivity contribution is -0.0499. The number of benzene rings is 3. The number of ether oxygens (including phenoxy) is 1. The van der Waals surface area contributed by atoms with Crippen LogP contribution in [0.5, 0.6) is 5.75 Å². The van der Waals surface area contributed by atoms with E-state index in [0.717, 1.165) is 41.7 Å². The fraction of sp³-hybridized carbons (Fsp3) is 0.214. The highest BCUT2D eigenvalue weighted by molar-refractivity contribution is 6.30. The zero-order valence-electron chi connectivity index (χ0n) is 19.1. The van der Waals surface area contributed by atoms with E-state index in [0.29, 0.717) is 10.0 Å². The van der Waals surface area contributed by atoms with Gasteiger partial charge < -0.3 is 4.74 Å². The van der Waals surface area contributed by atoms with Crippen LogP contribution in [-0.4, -0.2) is 23.2 Å². The van der Waals surface area contributed by atoms with Gasteiger partial charge in [0.15, 0.2) is 0 Å². The molecule has 3 aromatic carbocycles. The molecule has 0 spiro atoms.